The van der Waals surface area contributed by atoms with Gasteiger partial charge in [0, 0.05) is 24.9 Å². The largest absolute Gasteiger partial charge is 0.492 e. The van der Waals surface area contributed by atoms with Gasteiger partial charge in [0.15, 0.2) is 0 Å². The minimum Gasteiger partial charge on any atom is -0.492 e. The Kier molecular flexibility index (Phi) is 7.03. The molecule has 0 bridgehead atoms. The maximum absolute atomic E-state index is 5.81. The lowest BCUT2D eigenvalue weighted by Crippen LogP contribution is -2.10. The second-order valence-electron chi connectivity index (χ2n) is 4.08. The highest BCUT2D eigenvalue weighted by molar-refractivity contribution is 5.61. The van der Waals surface area contributed by atoms with Crippen LogP contribution in [0.1, 0.15) is 26.7 Å². The fraction of sp³-hybridized carbons (Fsp3) is 0.571. The molecule has 0 aliphatic heterocycles. The van der Waals surface area contributed by atoms with Crippen LogP contribution in [0.5, 0.6) is 5.75 Å². The van der Waals surface area contributed by atoms with Crippen LogP contribution in [0, 0.1) is 0 Å². The van der Waals surface area contributed by atoms with Crippen LogP contribution in [-0.4, -0.2) is 26.4 Å². The zero-order chi connectivity index (χ0) is 13.2. The van der Waals surface area contributed by atoms with Crippen molar-refractivity contribution in [1.82, 2.24) is 0 Å². The standard InChI is InChI=1S/C14H24N2O2/c1-3-5-9-17-10-8-16-12-6-7-13(15)14(11-12)18-4-2/h6-7,11,16H,3-5,8-10,15H2,1-2H3. The molecule has 4 nitrogen and oxygen atoms in total. The average Bonchev–Trinajstić information content (AvgIpc) is 2.37. The molecule has 0 amide bonds. The van der Waals surface area contributed by atoms with Crippen LogP contribution in [0.2, 0.25) is 0 Å². The maximum atomic E-state index is 5.81. The zero-order valence-corrected chi connectivity index (χ0v) is 11.4. The van der Waals surface area contributed by atoms with Crippen LogP contribution in [0.3, 0.4) is 0 Å². The molecule has 4 heteroatoms. The van der Waals surface area contributed by atoms with Gasteiger partial charge in [0.1, 0.15) is 5.75 Å². The molecular formula is C14H24N2O2. The van der Waals surface area contributed by atoms with E-state index in [0.717, 1.165) is 31.0 Å². The lowest BCUT2D eigenvalue weighted by atomic mass is 10.2. The highest BCUT2D eigenvalue weighted by Gasteiger charge is 2.01. The van der Waals surface area contributed by atoms with Crippen molar-refractivity contribution in [3.63, 3.8) is 0 Å². The minimum atomic E-state index is 0.619. The molecule has 0 radical (unpaired) electrons. The van der Waals surface area contributed by atoms with Gasteiger partial charge in [0.25, 0.3) is 0 Å². The lowest BCUT2D eigenvalue weighted by molar-refractivity contribution is 0.141. The van der Waals surface area contributed by atoms with Crippen molar-refractivity contribution >= 4 is 11.4 Å². The van der Waals surface area contributed by atoms with Crippen molar-refractivity contribution in [2.75, 3.05) is 37.4 Å². The van der Waals surface area contributed by atoms with Gasteiger partial charge >= 0.3 is 0 Å². The van der Waals surface area contributed by atoms with E-state index in [1.165, 1.54) is 6.42 Å². The van der Waals surface area contributed by atoms with Gasteiger partial charge in [0.05, 0.1) is 18.9 Å². The first-order valence-electron chi connectivity index (χ1n) is 6.61. The smallest absolute Gasteiger partial charge is 0.144 e. The quantitative estimate of drug-likeness (QED) is 0.524. The zero-order valence-electron chi connectivity index (χ0n) is 11.4. The number of ether oxygens (including phenoxy) is 2. The second kappa shape index (κ2) is 8.64. The molecule has 0 aliphatic rings. The predicted molar refractivity (Wildman–Crippen MR) is 76.2 cm³/mol. The number of unbranched alkanes of at least 4 members (excludes halogenated alkanes) is 1. The van der Waals surface area contributed by atoms with Gasteiger partial charge in [-0.1, -0.05) is 13.3 Å². The molecule has 102 valence electrons. The Hall–Kier alpha value is -1.42. The summed E-state index contributed by atoms with van der Waals surface area (Å²) in [5.74, 6) is 0.731. The minimum absolute atomic E-state index is 0.619. The maximum Gasteiger partial charge on any atom is 0.144 e. The second-order valence-corrected chi connectivity index (χ2v) is 4.08. The number of hydrogen-bond donors (Lipinski definition) is 2. The van der Waals surface area contributed by atoms with Gasteiger partial charge in [-0.05, 0) is 25.5 Å². The lowest BCUT2D eigenvalue weighted by Gasteiger charge is -2.11. The highest BCUT2D eigenvalue weighted by atomic mass is 16.5. The summed E-state index contributed by atoms with van der Waals surface area (Å²) < 4.78 is 10.9. The molecule has 0 atom stereocenters. The van der Waals surface area contributed by atoms with E-state index >= 15 is 0 Å². The number of nitrogens with one attached hydrogen (secondary N) is 1. The fourth-order valence-corrected chi connectivity index (χ4v) is 1.54. The Bertz CT molecular complexity index is 343. The molecule has 18 heavy (non-hydrogen) atoms. The Morgan fingerprint density at radius 2 is 2.06 bits per heavy atom. The first kappa shape index (κ1) is 14.6. The normalized spacial score (nSPS) is 10.3. The van der Waals surface area contributed by atoms with Crippen molar-refractivity contribution < 1.29 is 9.47 Å². The van der Waals surface area contributed by atoms with E-state index in [2.05, 4.69) is 12.2 Å². The van der Waals surface area contributed by atoms with Crippen molar-refractivity contribution in [2.24, 2.45) is 0 Å². The van der Waals surface area contributed by atoms with Crippen LogP contribution in [-0.2, 0) is 4.74 Å². The Morgan fingerprint density at radius 1 is 1.22 bits per heavy atom. The van der Waals surface area contributed by atoms with E-state index in [-0.39, 0.29) is 0 Å². The molecular weight excluding hydrogens is 228 g/mol. The van der Waals surface area contributed by atoms with Crippen LogP contribution in [0.4, 0.5) is 11.4 Å². The van der Waals surface area contributed by atoms with Gasteiger partial charge in [-0.15, -0.1) is 0 Å². The molecule has 0 fully saturated rings. The number of nitrogens with two attached hydrogens (primary N) is 1. The third kappa shape index (κ3) is 5.27. The monoisotopic (exact) mass is 252 g/mol. The Balaban J connectivity index is 2.31. The van der Waals surface area contributed by atoms with E-state index in [1.807, 2.05) is 25.1 Å². The molecule has 0 aromatic heterocycles. The van der Waals surface area contributed by atoms with E-state index in [1.54, 1.807) is 0 Å². The van der Waals surface area contributed by atoms with Gasteiger partial charge in [-0.3, -0.25) is 0 Å². The van der Waals surface area contributed by atoms with Crippen molar-refractivity contribution in [1.29, 1.82) is 0 Å². The molecule has 0 unspecified atom stereocenters. The number of anilines is 2. The van der Waals surface area contributed by atoms with Gasteiger partial charge in [-0.2, -0.15) is 0 Å². The third-order valence-electron chi connectivity index (χ3n) is 2.53. The topological polar surface area (TPSA) is 56.5 Å². The van der Waals surface area contributed by atoms with Crippen molar-refractivity contribution in [2.45, 2.75) is 26.7 Å². The molecule has 0 spiro atoms. The fourth-order valence-electron chi connectivity index (χ4n) is 1.54. The highest BCUT2D eigenvalue weighted by Crippen LogP contribution is 2.25. The molecule has 0 aliphatic carbocycles. The molecule has 1 rings (SSSR count). The van der Waals surface area contributed by atoms with E-state index in [0.29, 0.717) is 18.9 Å². The number of hydrogen-bond acceptors (Lipinski definition) is 4. The Morgan fingerprint density at radius 3 is 2.78 bits per heavy atom. The molecule has 0 heterocycles. The molecule has 1 aromatic rings. The van der Waals surface area contributed by atoms with Crippen LogP contribution < -0.4 is 15.8 Å². The summed E-state index contributed by atoms with van der Waals surface area (Å²) in [6, 6.07) is 5.72. The van der Waals surface area contributed by atoms with Gasteiger partial charge in [-0.25, -0.2) is 0 Å². The van der Waals surface area contributed by atoms with Crippen molar-refractivity contribution in [3.8, 4) is 5.75 Å². The number of rotatable bonds is 9. The van der Waals surface area contributed by atoms with Gasteiger partial charge in [0.2, 0.25) is 0 Å². The Labute approximate surface area is 109 Å². The third-order valence-corrected chi connectivity index (χ3v) is 2.53. The van der Waals surface area contributed by atoms with Crippen LogP contribution in [0.25, 0.3) is 0 Å². The summed E-state index contributed by atoms with van der Waals surface area (Å²) in [5, 5.41) is 3.29. The first-order valence-corrected chi connectivity index (χ1v) is 6.61. The summed E-state index contributed by atoms with van der Waals surface area (Å²) in [5.41, 5.74) is 7.48. The first-order chi connectivity index (χ1) is 8.77. The molecule has 0 saturated carbocycles. The van der Waals surface area contributed by atoms with Gasteiger partial charge < -0.3 is 20.5 Å². The van der Waals surface area contributed by atoms with E-state index < -0.39 is 0 Å². The SMILES string of the molecule is CCCCOCCNc1ccc(N)c(OCC)c1. The number of nitrogen functional groups attached to an aromatic ring is 1. The van der Waals surface area contributed by atoms with Crippen LogP contribution >= 0.6 is 0 Å². The summed E-state index contributed by atoms with van der Waals surface area (Å²) in [7, 11) is 0. The molecule has 3 N–H and O–H groups in total. The van der Waals surface area contributed by atoms with Crippen LogP contribution in [0.15, 0.2) is 18.2 Å². The predicted octanol–water partition coefficient (Wildman–Crippen LogP) is 2.90. The number of benzene rings is 1. The summed E-state index contributed by atoms with van der Waals surface area (Å²) in [4.78, 5) is 0. The summed E-state index contributed by atoms with van der Waals surface area (Å²) >= 11 is 0. The molecule has 0 saturated heterocycles. The van der Waals surface area contributed by atoms with Crippen molar-refractivity contribution in [3.05, 3.63) is 18.2 Å². The van der Waals surface area contributed by atoms with E-state index in [9.17, 15) is 0 Å². The molecule has 1 aromatic carbocycles. The summed E-state index contributed by atoms with van der Waals surface area (Å²) in [6.07, 6.45) is 2.29. The average molecular weight is 252 g/mol. The summed E-state index contributed by atoms with van der Waals surface area (Å²) in [6.45, 7) is 7.07. The van der Waals surface area contributed by atoms with E-state index in [4.69, 9.17) is 15.2 Å².